The van der Waals surface area contributed by atoms with Crippen LogP contribution in [0.25, 0.3) is 11.1 Å². The maximum absolute atomic E-state index is 13.4. The van der Waals surface area contributed by atoms with E-state index in [4.69, 9.17) is 15.2 Å². The maximum atomic E-state index is 13.4. The second kappa shape index (κ2) is 4.96. The Morgan fingerprint density at radius 3 is 2.11 bits per heavy atom. The van der Waals surface area contributed by atoms with Crippen LogP contribution in [0, 0.1) is 5.82 Å². The highest BCUT2D eigenvalue weighted by Gasteiger charge is 2.07. The van der Waals surface area contributed by atoms with E-state index in [0.29, 0.717) is 11.5 Å². The van der Waals surface area contributed by atoms with E-state index in [1.165, 1.54) is 6.07 Å². The number of benzene rings is 2. The molecule has 0 heterocycles. The van der Waals surface area contributed by atoms with Crippen molar-refractivity contribution in [3.05, 3.63) is 42.2 Å². The molecule has 2 rings (SSSR count). The summed E-state index contributed by atoms with van der Waals surface area (Å²) in [5, 5.41) is 0. The molecule has 18 heavy (non-hydrogen) atoms. The van der Waals surface area contributed by atoms with Crippen molar-refractivity contribution in [2.24, 2.45) is 0 Å². The lowest BCUT2D eigenvalue weighted by Crippen LogP contribution is -1.92. The Morgan fingerprint density at radius 2 is 1.50 bits per heavy atom. The molecule has 0 saturated carbocycles. The van der Waals surface area contributed by atoms with Crippen molar-refractivity contribution in [2.45, 2.75) is 0 Å². The van der Waals surface area contributed by atoms with E-state index >= 15 is 0 Å². The van der Waals surface area contributed by atoms with E-state index < -0.39 is 5.82 Å². The molecule has 2 aromatic rings. The highest BCUT2D eigenvalue weighted by Crippen LogP contribution is 2.32. The number of ether oxygens (including phenoxy) is 2. The fourth-order valence-electron chi connectivity index (χ4n) is 1.72. The summed E-state index contributed by atoms with van der Waals surface area (Å²) in [6.07, 6.45) is 0. The van der Waals surface area contributed by atoms with E-state index in [-0.39, 0.29) is 5.69 Å². The Balaban J connectivity index is 2.47. The minimum absolute atomic E-state index is 0.138. The van der Waals surface area contributed by atoms with E-state index in [0.717, 1.165) is 11.1 Å². The molecule has 0 aliphatic rings. The Bertz CT molecular complexity index is 570. The Labute approximate surface area is 105 Å². The Kier molecular flexibility index (Phi) is 3.37. The molecule has 0 aromatic heterocycles. The lowest BCUT2D eigenvalue weighted by atomic mass is 10.0. The highest BCUT2D eigenvalue weighted by atomic mass is 19.1. The molecule has 0 unspecified atom stereocenters. The minimum atomic E-state index is -0.428. The largest absolute Gasteiger partial charge is 0.493 e. The number of hydrogen-bond acceptors (Lipinski definition) is 3. The zero-order chi connectivity index (χ0) is 13.1. The quantitative estimate of drug-likeness (QED) is 0.848. The number of hydrogen-bond donors (Lipinski definition) is 1. The van der Waals surface area contributed by atoms with Crippen molar-refractivity contribution < 1.29 is 13.9 Å². The molecule has 0 spiro atoms. The molecule has 94 valence electrons. The molecule has 0 atom stereocenters. The average molecular weight is 247 g/mol. The summed E-state index contributed by atoms with van der Waals surface area (Å²) in [6.45, 7) is 0. The number of nitrogen functional groups attached to an aromatic ring is 1. The number of halogens is 1. The lowest BCUT2D eigenvalue weighted by Gasteiger charge is -2.10. The fraction of sp³-hybridized carbons (Fsp3) is 0.143. The first kappa shape index (κ1) is 12.2. The molecule has 2 N–H and O–H groups in total. The van der Waals surface area contributed by atoms with E-state index in [1.54, 1.807) is 38.5 Å². The molecule has 0 aliphatic heterocycles. The topological polar surface area (TPSA) is 44.5 Å². The van der Waals surface area contributed by atoms with Gasteiger partial charge in [-0.1, -0.05) is 12.1 Å². The van der Waals surface area contributed by atoms with Crippen LogP contribution in [0.5, 0.6) is 11.5 Å². The van der Waals surface area contributed by atoms with Gasteiger partial charge in [0, 0.05) is 0 Å². The minimum Gasteiger partial charge on any atom is -0.493 e. The zero-order valence-corrected chi connectivity index (χ0v) is 10.2. The van der Waals surface area contributed by atoms with Crippen LogP contribution >= 0.6 is 0 Å². The molecule has 4 heteroatoms. The monoisotopic (exact) mass is 247 g/mol. The lowest BCUT2D eigenvalue weighted by molar-refractivity contribution is 0.355. The second-order valence-electron chi connectivity index (χ2n) is 3.81. The Hall–Kier alpha value is -2.23. The van der Waals surface area contributed by atoms with Gasteiger partial charge in [-0.15, -0.1) is 0 Å². The molecule has 0 saturated heterocycles. The summed E-state index contributed by atoms with van der Waals surface area (Å²) in [5.41, 5.74) is 7.16. The van der Waals surface area contributed by atoms with Crippen LogP contribution in [-0.2, 0) is 0 Å². The number of methoxy groups -OCH3 is 2. The maximum Gasteiger partial charge on any atom is 0.161 e. The summed E-state index contributed by atoms with van der Waals surface area (Å²) in [4.78, 5) is 0. The normalized spacial score (nSPS) is 10.2. The van der Waals surface area contributed by atoms with Gasteiger partial charge in [0.05, 0.1) is 19.9 Å². The number of nitrogens with two attached hydrogens (primary N) is 1. The van der Waals surface area contributed by atoms with Crippen molar-refractivity contribution in [3.63, 3.8) is 0 Å². The molecule has 2 aromatic carbocycles. The fourth-order valence-corrected chi connectivity index (χ4v) is 1.72. The van der Waals surface area contributed by atoms with Crippen molar-refractivity contribution >= 4 is 5.69 Å². The smallest absolute Gasteiger partial charge is 0.161 e. The van der Waals surface area contributed by atoms with Crippen molar-refractivity contribution in [1.29, 1.82) is 0 Å². The molecule has 0 radical (unpaired) electrons. The first-order valence-electron chi connectivity index (χ1n) is 5.43. The molecule has 0 amide bonds. The summed E-state index contributed by atoms with van der Waals surface area (Å²) in [6, 6.07) is 10.1. The van der Waals surface area contributed by atoms with Crippen LogP contribution < -0.4 is 15.2 Å². The summed E-state index contributed by atoms with van der Waals surface area (Å²) < 4.78 is 23.8. The number of anilines is 1. The van der Waals surface area contributed by atoms with E-state index in [9.17, 15) is 4.39 Å². The van der Waals surface area contributed by atoms with Gasteiger partial charge in [-0.2, -0.15) is 0 Å². The predicted molar refractivity (Wildman–Crippen MR) is 69.4 cm³/mol. The van der Waals surface area contributed by atoms with Gasteiger partial charge in [-0.05, 0) is 35.4 Å². The second-order valence-corrected chi connectivity index (χ2v) is 3.81. The van der Waals surface area contributed by atoms with E-state index in [1.807, 2.05) is 6.07 Å². The summed E-state index contributed by atoms with van der Waals surface area (Å²) in [7, 11) is 3.13. The van der Waals surface area contributed by atoms with Gasteiger partial charge in [-0.3, -0.25) is 0 Å². The van der Waals surface area contributed by atoms with Crippen LogP contribution in [-0.4, -0.2) is 14.2 Å². The van der Waals surface area contributed by atoms with Crippen LogP contribution in [0.4, 0.5) is 10.1 Å². The van der Waals surface area contributed by atoms with Crippen molar-refractivity contribution in [3.8, 4) is 22.6 Å². The third-order valence-corrected chi connectivity index (χ3v) is 2.72. The number of rotatable bonds is 3. The van der Waals surface area contributed by atoms with Crippen LogP contribution in [0.3, 0.4) is 0 Å². The SMILES string of the molecule is COc1ccc(-c2ccc(N)c(F)c2)cc1OC. The van der Waals surface area contributed by atoms with Gasteiger partial charge in [0.15, 0.2) is 11.5 Å². The van der Waals surface area contributed by atoms with Gasteiger partial charge < -0.3 is 15.2 Å². The third kappa shape index (κ3) is 2.22. The van der Waals surface area contributed by atoms with E-state index in [2.05, 4.69) is 0 Å². The summed E-state index contributed by atoms with van der Waals surface area (Å²) in [5.74, 6) is 0.812. The Morgan fingerprint density at radius 1 is 0.889 bits per heavy atom. The zero-order valence-electron chi connectivity index (χ0n) is 10.2. The highest BCUT2D eigenvalue weighted by molar-refractivity contribution is 5.69. The van der Waals surface area contributed by atoms with Gasteiger partial charge in [0.25, 0.3) is 0 Å². The third-order valence-electron chi connectivity index (χ3n) is 2.72. The average Bonchev–Trinajstić information content (AvgIpc) is 2.41. The molecule has 0 bridgehead atoms. The van der Waals surface area contributed by atoms with Crippen LogP contribution in [0.2, 0.25) is 0 Å². The predicted octanol–water partition coefficient (Wildman–Crippen LogP) is 3.09. The van der Waals surface area contributed by atoms with Crippen molar-refractivity contribution in [1.82, 2.24) is 0 Å². The molecule has 3 nitrogen and oxygen atoms in total. The molecule has 0 aliphatic carbocycles. The van der Waals surface area contributed by atoms with Gasteiger partial charge >= 0.3 is 0 Å². The van der Waals surface area contributed by atoms with Gasteiger partial charge in [0.1, 0.15) is 5.82 Å². The van der Waals surface area contributed by atoms with Gasteiger partial charge in [-0.25, -0.2) is 4.39 Å². The van der Waals surface area contributed by atoms with Crippen molar-refractivity contribution in [2.75, 3.05) is 20.0 Å². The first-order valence-corrected chi connectivity index (χ1v) is 5.43. The molecular formula is C14H14FNO2. The van der Waals surface area contributed by atoms with Gasteiger partial charge in [0.2, 0.25) is 0 Å². The standard InChI is InChI=1S/C14H14FNO2/c1-17-13-6-4-10(8-14(13)18-2)9-3-5-12(16)11(15)7-9/h3-8H,16H2,1-2H3. The van der Waals surface area contributed by atoms with Crippen LogP contribution in [0.15, 0.2) is 36.4 Å². The van der Waals surface area contributed by atoms with Crippen LogP contribution in [0.1, 0.15) is 0 Å². The molecule has 0 fully saturated rings. The molecular weight excluding hydrogens is 233 g/mol. The summed E-state index contributed by atoms with van der Waals surface area (Å²) >= 11 is 0. The first-order chi connectivity index (χ1) is 8.65.